The monoisotopic (exact) mass is 275 g/mol. The number of hydrogen-bond donors (Lipinski definition) is 1. The molecule has 0 heterocycles. The third-order valence-electron chi connectivity index (χ3n) is 3.24. The molecule has 1 amide bonds. The van der Waals surface area contributed by atoms with Gasteiger partial charge in [0.25, 0.3) is 0 Å². The van der Waals surface area contributed by atoms with E-state index in [0.717, 1.165) is 31.1 Å². The van der Waals surface area contributed by atoms with Crippen molar-refractivity contribution in [3.05, 3.63) is 0 Å². The van der Waals surface area contributed by atoms with Crippen LogP contribution >= 0.6 is 15.9 Å². The molecule has 3 heteroatoms. The van der Waals surface area contributed by atoms with Gasteiger partial charge in [0, 0.05) is 17.8 Å². The predicted octanol–water partition coefficient (Wildman–Crippen LogP) is 3.10. The number of nitrogens with one attached hydrogen (secondary N) is 1. The second-order valence-electron chi connectivity index (χ2n) is 5.30. The van der Waals surface area contributed by atoms with Gasteiger partial charge < -0.3 is 5.32 Å². The molecule has 1 aliphatic rings. The van der Waals surface area contributed by atoms with Gasteiger partial charge >= 0.3 is 0 Å². The molecule has 1 fully saturated rings. The smallest absolute Gasteiger partial charge is 0.223 e. The zero-order valence-corrected chi connectivity index (χ0v) is 11.4. The molecule has 88 valence electrons. The molecule has 15 heavy (non-hydrogen) atoms. The van der Waals surface area contributed by atoms with Gasteiger partial charge in [-0.1, -0.05) is 42.6 Å². The Bertz CT molecular complexity index is 210. The van der Waals surface area contributed by atoms with Gasteiger partial charge in [-0.3, -0.25) is 4.79 Å². The van der Waals surface area contributed by atoms with Gasteiger partial charge in [0.05, 0.1) is 0 Å². The summed E-state index contributed by atoms with van der Waals surface area (Å²) in [5.41, 5.74) is 0.206. The number of hydrogen-bond acceptors (Lipinski definition) is 1. The molecule has 1 aliphatic carbocycles. The lowest BCUT2D eigenvalue weighted by Crippen LogP contribution is -2.37. The highest BCUT2D eigenvalue weighted by Crippen LogP contribution is 2.25. The van der Waals surface area contributed by atoms with Gasteiger partial charge in [-0.25, -0.2) is 0 Å². The van der Waals surface area contributed by atoms with Crippen LogP contribution in [0.2, 0.25) is 0 Å². The van der Waals surface area contributed by atoms with Crippen LogP contribution in [0.3, 0.4) is 0 Å². The second-order valence-corrected chi connectivity index (χ2v) is 6.10. The van der Waals surface area contributed by atoms with Crippen LogP contribution in [0.4, 0.5) is 0 Å². The molecule has 0 aromatic heterocycles. The number of halogens is 1. The molecule has 1 N–H and O–H groups in total. The van der Waals surface area contributed by atoms with E-state index in [1.54, 1.807) is 0 Å². The molecule has 0 aliphatic heterocycles. The van der Waals surface area contributed by atoms with Crippen molar-refractivity contribution >= 4 is 21.8 Å². The van der Waals surface area contributed by atoms with Gasteiger partial charge in [-0.2, -0.15) is 0 Å². The number of carbonyl (C=O) groups is 1. The fourth-order valence-corrected chi connectivity index (χ4v) is 3.08. The van der Waals surface area contributed by atoms with E-state index in [4.69, 9.17) is 0 Å². The zero-order valence-electron chi connectivity index (χ0n) is 9.81. The van der Waals surface area contributed by atoms with Crippen LogP contribution < -0.4 is 5.32 Å². The summed E-state index contributed by atoms with van der Waals surface area (Å²) in [4.78, 5) is 11.8. The van der Waals surface area contributed by atoms with E-state index in [9.17, 15) is 4.79 Å². The van der Waals surface area contributed by atoms with Crippen molar-refractivity contribution in [3.63, 3.8) is 0 Å². The Morgan fingerprint density at radius 3 is 2.53 bits per heavy atom. The summed E-state index contributed by atoms with van der Waals surface area (Å²) in [5, 5.41) is 4.09. The summed E-state index contributed by atoms with van der Waals surface area (Å²) < 4.78 is 0. The van der Waals surface area contributed by atoms with Crippen molar-refractivity contribution in [1.29, 1.82) is 0 Å². The molecular formula is C12H22BrNO. The highest BCUT2D eigenvalue weighted by molar-refractivity contribution is 9.09. The highest BCUT2D eigenvalue weighted by Gasteiger charge is 2.24. The van der Waals surface area contributed by atoms with E-state index in [-0.39, 0.29) is 11.3 Å². The van der Waals surface area contributed by atoms with Crippen LogP contribution in [-0.2, 0) is 4.79 Å². The predicted molar refractivity (Wildman–Crippen MR) is 67.2 cm³/mol. The van der Waals surface area contributed by atoms with Gasteiger partial charge in [0.15, 0.2) is 0 Å². The van der Waals surface area contributed by atoms with Crippen molar-refractivity contribution in [3.8, 4) is 0 Å². The van der Waals surface area contributed by atoms with E-state index in [2.05, 4.69) is 35.1 Å². The van der Waals surface area contributed by atoms with E-state index in [0.29, 0.717) is 5.92 Å². The van der Waals surface area contributed by atoms with Crippen molar-refractivity contribution in [2.45, 2.75) is 46.0 Å². The molecule has 0 atom stereocenters. The number of rotatable bonds is 5. The summed E-state index contributed by atoms with van der Waals surface area (Å²) in [6.45, 7) is 5.19. The SMILES string of the molecule is CC(C)(CCBr)CNC(=O)C1CCCC1. The van der Waals surface area contributed by atoms with E-state index in [1.165, 1.54) is 12.8 Å². The van der Waals surface area contributed by atoms with Crippen LogP contribution in [0.1, 0.15) is 46.0 Å². The Morgan fingerprint density at radius 1 is 1.40 bits per heavy atom. The van der Waals surface area contributed by atoms with Crippen molar-refractivity contribution < 1.29 is 4.79 Å². The Balaban J connectivity index is 2.26. The number of amides is 1. The Kier molecular flexibility index (Phi) is 5.10. The van der Waals surface area contributed by atoms with Crippen LogP contribution in [0.5, 0.6) is 0 Å². The zero-order chi connectivity index (χ0) is 11.3. The Labute approximate surface area is 101 Å². The standard InChI is InChI=1S/C12H22BrNO/c1-12(2,7-8-13)9-14-11(15)10-5-3-4-6-10/h10H,3-9H2,1-2H3,(H,14,15). The molecule has 1 rings (SSSR count). The van der Waals surface area contributed by atoms with Crippen LogP contribution in [0.15, 0.2) is 0 Å². The van der Waals surface area contributed by atoms with Crippen molar-refractivity contribution in [2.75, 3.05) is 11.9 Å². The quantitative estimate of drug-likeness (QED) is 0.768. The van der Waals surface area contributed by atoms with Crippen molar-refractivity contribution in [2.24, 2.45) is 11.3 Å². The summed E-state index contributed by atoms with van der Waals surface area (Å²) in [6.07, 6.45) is 5.72. The first-order valence-corrected chi connectivity index (χ1v) is 7.01. The third-order valence-corrected chi connectivity index (χ3v) is 3.63. The molecule has 0 bridgehead atoms. The van der Waals surface area contributed by atoms with Gasteiger partial charge in [-0.15, -0.1) is 0 Å². The molecule has 0 radical (unpaired) electrons. The third kappa shape index (κ3) is 4.54. The molecule has 0 unspecified atom stereocenters. The number of carbonyl (C=O) groups excluding carboxylic acids is 1. The number of alkyl halides is 1. The maximum atomic E-state index is 11.8. The maximum absolute atomic E-state index is 11.8. The average molecular weight is 276 g/mol. The first kappa shape index (κ1) is 13.0. The highest BCUT2D eigenvalue weighted by atomic mass is 79.9. The van der Waals surface area contributed by atoms with Crippen LogP contribution in [0.25, 0.3) is 0 Å². The normalized spacial score (nSPS) is 18.1. The summed E-state index contributed by atoms with van der Waals surface area (Å²) in [5.74, 6) is 0.569. The fourth-order valence-electron chi connectivity index (χ4n) is 2.00. The van der Waals surface area contributed by atoms with Gasteiger partial charge in [-0.05, 0) is 24.7 Å². The van der Waals surface area contributed by atoms with Crippen molar-refractivity contribution in [1.82, 2.24) is 5.32 Å². The summed E-state index contributed by atoms with van der Waals surface area (Å²) in [7, 11) is 0. The lowest BCUT2D eigenvalue weighted by Gasteiger charge is -2.24. The van der Waals surface area contributed by atoms with E-state index < -0.39 is 0 Å². The van der Waals surface area contributed by atoms with Gasteiger partial charge in [0.2, 0.25) is 5.91 Å². The Hall–Kier alpha value is -0.0500. The first-order chi connectivity index (χ1) is 7.05. The summed E-state index contributed by atoms with van der Waals surface area (Å²) >= 11 is 3.45. The molecule has 0 spiro atoms. The fraction of sp³-hybridized carbons (Fsp3) is 0.917. The topological polar surface area (TPSA) is 29.1 Å². The minimum atomic E-state index is 0.206. The van der Waals surface area contributed by atoms with Crippen LogP contribution in [0, 0.1) is 11.3 Å². The maximum Gasteiger partial charge on any atom is 0.223 e. The molecule has 1 saturated carbocycles. The van der Waals surface area contributed by atoms with E-state index in [1.807, 2.05) is 0 Å². The molecule has 0 aromatic carbocycles. The molecular weight excluding hydrogens is 254 g/mol. The average Bonchev–Trinajstić information content (AvgIpc) is 2.67. The van der Waals surface area contributed by atoms with Crippen LogP contribution in [-0.4, -0.2) is 17.8 Å². The Morgan fingerprint density at radius 2 is 2.00 bits per heavy atom. The lowest BCUT2D eigenvalue weighted by atomic mass is 9.90. The second kappa shape index (κ2) is 5.88. The van der Waals surface area contributed by atoms with Gasteiger partial charge in [0.1, 0.15) is 0 Å². The van der Waals surface area contributed by atoms with E-state index >= 15 is 0 Å². The molecule has 0 saturated heterocycles. The lowest BCUT2D eigenvalue weighted by molar-refractivity contribution is -0.125. The minimum Gasteiger partial charge on any atom is -0.355 e. The largest absolute Gasteiger partial charge is 0.355 e. The minimum absolute atomic E-state index is 0.206. The summed E-state index contributed by atoms with van der Waals surface area (Å²) in [6, 6.07) is 0. The molecule has 2 nitrogen and oxygen atoms in total. The first-order valence-electron chi connectivity index (χ1n) is 5.89. The molecule has 0 aromatic rings.